The zero-order valence-corrected chi connectivity index (χ0v) is 10.7. The Hall–Kier alpha value is -2.44. The number of hydrogen-bond acceptors (Lipinski definition) is 3. The number of rotatable bonds is 5. The first-order valence-corrected chi connectivity index (χ1v) is 5.99. The molecule has 0 saturated heterocycles. The SMILES string of the molecule is CCc1cc(NC(=O)c2cccc(OC(F)F)c2)n[nH]1. The van der Waals surface area contributed by atoms with Crippen molar-refractivity contribution < 1.29 is 18.3 Å². The monoisotopic (exact) mass is 281 g/mol. The maximum atomic E-state index is 12.1. The minimum absolute atomic E-state index is 0.0658. The van der Waals surface area contributed by atoms with Crippen LogP contribution in [0.2, 0.25) is 0 Å². The Morgan fingerprint density at radius 2 is 2.25 bits per heavy atom. The number of aromatic nitrogens is 2. The number of halogens is 2. The second kappa shape index (κ2) is 6.14. The molecule has 0 aliphatic carbocycles. The van der Waals surface area contributed by atoms with Crippen LogP contribution in [-0.2, 0) is 6.42 Å². The normalized spacial score (nSPS) is 10.6. The summed E-state index contributed by atoms with van der Waals surface area (Å²) in [5, 5.41) is 9.25. The number of nitrogens with zero attached hydrogens (tertiary/aromatic N) is 1. The summed E-state index contributed by atoms with van der Waals surface area (Å²) >= 11 is 0. The quantitative estimate of drug-likeness (QED) is 0.885. The maximum absolute atomic E-state index is 12.1. The lowest BCUT2D eigenvalue weighted by molar-refractivity contribution is -0.0498. The molecule has 0 aliphatic heterocycles. The molecule has 2 N–H and O–H groups in total. The van der Waals surface area contributed by atoms with Crippen molar-refractivity contribution in [3.63, 3.8) is 0 Å². The number of carbonyl (C=O) groups is 1. The molecule has 0 saturated carbocycles. The van der Waals surface area contributed by atoms with E-state index in [4.69, 9.17) is 0 Å². The molecule has 2 aromatic rings. The van der Waals surface area contributed by atoms with Crippen molar-refractivity contribution in [1.29, 1.82) is 0 Å². The number of benzene rings is 1. The Labute approximate surface area is 114 Å². The average molecular weight is 281 g/mol. The van der Waals surface area contributed by atoms with Gasteiger partial charge in [0.2, 0.25) is 0 Å². The van der Waals surface area contributed by atoms with Crippen molar-refractivity contribution >= 4 is 11.7 Å². The molecule has 0 aliphatic rings. The van der Waals surface area contributed by atoms with Gasteiger partial charge < -0.3 is 10.1 Å². The molecular formula is C13H13F2N3O2. The number of carbonyl (C=O) groups excluding carboxylic acids is 1. The van der Waals surface area contributed by atoms with Crippen LogP contribution in [0.5, 0.6) is 5.75 Å². The molecule has 0 bridgehead atoms. The van der Waals surface area contributed by atoms with E-state index in [9.17, 15) is 13.6 Å². The molecule has 1 aromatic carbocycles. The van der Waals surface area contributed by atoms with Gasteiger partial charge >= 0.3 is 6.61 Å². The predicted octanol–water partition coefficient (Wildman–Crippen LogP) is 2.83. The van der Waals surface area contributed by atoms with Crippen LogP contribution in [0, 0.1) is 0 Å². The average Bonchev–Trinajstić information content (AvgIpc) is 2.86. The molecule has 2 rings (SSSR count). The van der Waals surface area contributed by atoms with Gasteiger partial charge in [-0.25, -0.2) is 0 Å². The third-order valence-electron chi connectivity index (χ3n) is 2.57. The first-order chi connectivity index (χ1) is 9.58. The van der Waals surface area contributed by atoms with E-state index < -0.39 is 12.5 Å². The van der Waals surface area contributed by atoms with E-state index in [0.29, 0.717) is 5.82 Å². The lowest BCUT2D eigenvalue weighted by atomic mass is 10.2. The van der Waals surface area contributed by atoms with Gasteiger partial charge in [-0.15, -0.1) is 0 Å². The second-order valence-electron chi connectivity index (χ2n) is 3.99. The molecule has 1 aromatic heterocycles. The van der Waals surface area contributed by atoms with Crippen LogP contribution in [0.25, 0.3) is 0 Å². The Balaban J connectivity index is 2.08. The van der Waals surface area contributed by atoms with Gasteiger partial charge in [0, 0.05) is 17.3 Å². The van der Waals surface area contributed by atoms with E-state index in [1.54, 1.807) is 6.07 Å². The fraction of sp³-hybridized carbons (Fsp3) is 0.231. The van der Waals surface area contributed by atoms with Gasteiger partial charge in [0.25, 0.3) is 5.91 Å². The van der Waals surface area contributed by atoms with Crippen LogP contribution in [0.3, 0.4) is 0 Å². The Morgan fingerprint density at radius 1 is 1.45 bits per heavy atom. The van der Waals surface area contributed by atoms with Crippen molar-refractivity contribution in [2.24, 2.45) is 0 Å². The fourth-order valence-electron chi connectivity index (χ4n) is 1.61. The number of H-pyrrole nitrogens is 1. The molecule has 0 spiro atoms. The Morgan fingerprint density at radius 3 is 2.90 bits per heavy atom. The molecule has 20 heavy (non-hydrogen) atoms. The molecule has 0 unspecified atom stereocenters. The lowest BCUT2D eigenvalue weighted by Crippen LogP contribution is -2.12. The number of anilines is 1. The predicted molar refractivity (Wildman–Crippen MR) is 69.0 cm³/mol. The Bertz CT molecular complexity index is 599. The first kappa shape index (κ1) is 14.0. The van der Waals surface area contributed by atoms with Gasteiger partial charge in [-0.1, -0.05) is 13.0 Å². The number of nitrogens with one attached hydrogen (secondary N) is 2. The number of hydrogen-bond donors (Lipinski definition) is 2. The van der Waals surface area contributed by atoms with E-state index in [-0.39, 0.29) is 11.3 Å². The summed E-state index contributed by atoms with van der Waals surface area (Å²) in [6, 6.07) is 7.27. The molecule has 0 radical (unpaired) electrons. The number of ether oxygens (including phenoxy) is 1. The third kappa shape index (κ3) is 3.53. The molecule has 0 atom stereocenters. The molecule has 7 heteroatoms. The molecular weight excluding hydrogens is 268 g/mol. The van der Waals surface area contributed by atoms with Gasteiger partial charge in [0.15, 0.2) is 5.82 Å². The van der Waals surface area contributed by atoms with Crippen LogP contribution in [0.15, 0.2) is 30.3 Å². The summed E-state index contributed by atoms with van der Waals surface area (Å²) in [6.07, 6.45) is 0.764. The zero-order chi connectivity index (χ0) is 14.5. The number of amides is 1. The van der Waals surface area contributed by atoms with Gasteiger partial charge in [0.05, 0.1) is 0 Å². The second-order valence-corrected chi connectivity index (χ2v) is 3.99. The van der Waals surface area contributed by atoms with Gasteiger partial charge in [-0.3, -0.25) is 9.89 Å². The molecule has 1 amide bonds. The van der Waals surface area contributed by atoms with Crippen LogP contribution < -0.4 is 10.1 Å². The zero-order valence-electron chi connectivity index (χ0n) is 10.7. The third-order valence-corrected chi connectivity index (χ3v) is 2.57. The van der Waals surface area contributed by atoms with E-state index >= 15 is 0 Å². The summed E-state index contributed by atoms with van der Waals surface area (Å²) in [6.45, 7) is -0.976. The first-order valence-electron chi connectivity index (χ1n) is 5.99. The van der Waals surface area contributed by atoms with Crippen LogP contribution in [0.4, 0.5) is 14.6 Å². The van der Waals surface area contributed by atoms with Crippen LogP contribution in [0.1, 0.15) is 23.0 Å². The van der Waals surface area contributed by atoms with E-state index in [1.165, 1.54) is 24.3 Å². The lowest BCUT2D eigenvalue weighted by Gasteiger charge is -2.06. The standard InChI is InChI=1S/C13H13F2N3O2/c1-2-9-7-11(18-17-9)16-12(19)8-4-3-5-10(6-8)20-13(14)15/h3-7,13H,2H2,1H3,(H2,16,17,18,19). The number of aromatic amines is 1. The van der Waals surface area contributed by atoms with Crippen molar-refractivity contribution in [3.05, 3.63) is 41.6 Å². The fourth-order valence-corrected chi connectivity index (χ4v) is 1.61. The largest absolute Gasteiger partial charge is 0.435 e. The minimum Gasteiger partial charge on any atom is -0.435 e. The van der Waals surface area contributed by atoms with Crippen molar-refractivity contribution in [3.8, 4) is 5.75 Å². The number of aryl methyl sites for hydroxylation is 1. The highest BCUT2D eigenvalue weighted by Crippen LogP contribution is 2.17. The highest BCUT2D eigenvalue weighted by molar-refractivity contribution is 6.04. The molecule has 0 fully saturated rings. The summed E-state index contributed by atoms with van der Waals surface area (Å²) in [4.78, 5) is 11.9. The molecule has 5 nitrogen and oxygen atoms in total. The molecule has 106 valence electrons. The maximum Gasteiger partial charge on any atom is 0.387 e. The highest BCUT2D eigenvalue weighted by atomic mass is 19.3. The Kier molecular flexibility index (Phi) is 4.29. The van der Waals surface area contributed by atoms with E-state index in [0.717, 1.165) is 12.1 Å². The summed E-state index contributed by atoms with van der Waals surface area (Å²) in [5.41, 5.74) is 1.10. The molecule has 1 heterocycles. The topological polar surface area (TPSA) is 67.0 Å². The van der Waals surface area contributed by atoms with Gasteiger partial charge in [0.1, 0.15) is 5.75 Å². The smallest absolute Gasteiger partial charge is 0.387 e. The summed E-state index contributed by atoms with van der Waals surface area (Å²) < 4.78 is 28.5. The van der Waals surface area contributed by atoms with Gasteiger partial charge in [-0.05, 0) is 24.6 Å². The van der Waals surface area contributed by atoms with Crippen LogP contribution in [-0.4, -0.2) is 22.7 Å². The number of alkyl halides is 2. The van der Waals surface area contributed by atoms with E-state index in [1.807, 2.05) is 6.92 Å². The van der Waals surface area contributed by atoms with Crippen molar-refractivity contribution in [2.45, 2.75) is 20.0 Å². The summed E-state index contributed by atoms with van der Waals surface area (Å²) in [7, 11) is 0. The van der Waals surface area contributed by atoms with Gasteiger partial charge in [-0.2, -0.15) is 13.9 Å². The van der Waals surface area contributed by atoms with Crippen LogP contribution >= 0.6 is 0 Å². The van der Waals surface area contributed by atoms with E-state index in [2.05, 4.69) is 20.3 Å². The summed E-state index contributed by atoms with van der Waals surface area (Å²) in [5.74, 6) is -0.130. The van der Waals surface area contributed by atoms with Crippen molar-refractivity contribution in [1.82, 2.24) is 10.2 Å². The van der Waals surface area contributed by atoms with Crippen molar-refractivity contribution in [2.75, 3.05) is 5.32 Å². The minimum atomic E-state index is -2.92. The highest BCUT2D eigenvalue weighted by Gasteiger charge is 2.11.